The van der Waals surface area contributed by atoms with Gasteiger partial charge in [-0.1, -0.05) is 12.1 Å². The van der Waals surface area contributed by atoms with Gasteiger partial charge >= 0.3 is 0 Å². The summed E-state index contributed by atoms with van der Waals surface area (Å²) in [7, 11) is 0. The minimum atomic E-state index is -1.75. The molecule has 1 aromatic carbocycles. The Morgan fingerprint density at radius 1 is 0.868 bits per heavy atom. The van der Waals surface area contributed by atoms with Crippen molar-refractivity contribution >= 4 is 18.5 Å². The second kappa shape index (κ2) is 14.7. The van der Waals surface area contributed by atoms with Crippen molar-refractivity contribution in [1.82, 2.24) is 5.32 Å². The Balaban J connectivity index is 1.56. The van der Waals surface area contributed by atoms with Gasteiger partial charge < -0.3 is 60.0 Å². The Morgan fingerprint density at radius 3 is 2.13 bits per heavy atom. The van der Waals surface area contributed by atoms with Gasteiger partial charge in [-0.3, -0.25) is 4.79 Å². The Morgan fingerprint density at radius 2 is 1.50 bits per heavy atom. The zero-order chi connectivity index (χ0) is 27.8. The van der Waals surface area contributed by atoms with Gasteiger partial charge in [0, 0.05) is 13.0 Å². The highest BCUT2D eigenvalue weighted by atomic mass is 32.1. The summed E-state index contributed by atoms with van der Waals surface area (Å²) in [6.07, 6.45) is -13.5. The van der Waals surface area contributed by atoms with E-state index in [9.17, 15) is 40.5 Å². The Hall–Kier alpha value is -1.56. The summed E-state index contributed by atoms with van der Waals surface area (Å²) in [5, 5.41) is 73.4. The minimum Gasteiger partial charge on any atom is -0.462 e. The number of hydrogen-bond donors (Lipinski definition) is 9. The Bertz CT molecular complexity index is 859. The van der Waals surface area contributed by atoms with E-state index in [4.69, 9.17) is 18.9 Å². The molecule has 38 heavy (non-hydrogen) atoms. The lowest BCUT2D eigenvalue weighted by Gasteiger charge is -2.45. The number of thiol groups is 1. The number of ether oxygens (including phenoxy) is 4. The van der Waals surface area contributed by atoms with Gasteiger partial charge in [0.15, 0.2) is 6.29 Å². The summed E-state index contributed by atoms with van der Waals surface area (Å²) in [5.41, 5.74) is 0.929. The van der Waals surface area contributed by atoms with E-state index in [0.717, 1.165) is 5.56 Å². The second-order valence-electron chi connectivity index (χ2n) is 9.19. The fraction of sp³-hybridized carbons (Fsp3) is 0.708. The molecule has 3 rings (SSSR count). The number of hydrogen-bond acceptors (Lipinski definition) is 13. The van der Waals surface area contributed by atoms with Crippen molar-refractivity contribution in [2.45, 2.75) is 80.7 Å². The summed E-state index contributed by atoms with van der Waals surface area (Å²) in [5.74, 6) is 0.928. The fourth-order valence-electron chi connectivity index (χ4n) is 4.20. The molecule has 2 heterocycles. The molecule has 4 unspecified atom stereocenters. The van der Waals surface area contributed by atoms with Gasteiger partial charge in [-0.25, -0.2) is 0 Å². The van der Waals surface area contributed by atoms with Crippen LogP contribution in [0.3, 0.4) is 0 Å². The van der Waals surface area contributed by atoms with Gasteiger partial charge in [0.2, 0.25) is 12.2 Å². The van der Waals surface area contributed by atoms with Crippen LogP contribution in [0.15, 0.2) is 24.3 Å². The highest BCUT2D eigenvalue weighted by Crippen LogP contribution is 2.30. The maximum atomic E-state index is 11.7. The van der Waals surface area contributed by atoms with E-state index in [2.05, 4.69) is 17.9 Å². The van der Waals surface area contributed by atoms with Gasteiger partial charge in [0.25, 0.3) is 0 Å². The quantitative estimate of drug-likeness (QED) is 0.117. The molecule has 0 aromatic heterocycles. The molecule has 14 heteroatoms. The summed E-state index contributed by atoms with van der Waals surface area (Å²) >= 11 is 4.08. The Labute approximate surface area is 225 Å². The van der Waals surface area contributed by atoms with Gasteiger partial charge in [-0.15, -0.1) is 0 Å². The average molecular weight is 564 g/mol. The lowest BCUT2D eigenvalue weighted by Crippen LogP contribution is -2.65. The van der Waals surface area contributed by atoms with Crippen molar-refractivity contribution in [3.63, 3.8) is 0 Å². The predicted octanol–water partition coefficient (Wildman–Crippen LogP) is -2.94. The number of aliphatic hydroxyl groups excluding tert-OH is 7. The van der Waals surface area contributed by atoms with E-state index >= 15 is 0 Å². The number of nitrogens with one attached hydrogen (secondary N) is 1. The van der Waals surface area contributed by atoms with E-state index in [1.54, 1.807) is 24.3 Å². The molecule has 2 saturated heterocycles. The van der Waals surface area contributed by atoms with Crippen molar-refractivity contribution in [1.29, 1.82) is 0 Å². The largest absolute Gasteiger partial charge is 0.462 e. The third kappa shape index (κ3) is 7.76. The molecule has 0 saturated carbocycles. The molecular formula is C24H37NO12S. The number of amides is 1. The van der Waals surface area contributed by atoms with Crippen LogP contribution in [0.4, 0.5) is 0 Å². The molecule has 0 bridgehead atoms. The molecule has 1 amide bonds. The van der Waals surface area contributed by atoms with Crippen LogP contribution < -0.4 is 10.1 Å². The molecule has 13 nitrogen and oxygen atoms in total. The Kier molecular flexibility index (Phi) is 12.0. The van der Waals surface area contributed by atoms with Crippen molar-refractivity contribution < 1.29 is 59.5 Å². The second-order valence-corrected chi connectivity index (χ2v) is 9.64. The van der Waals surface area contributed by atoms with Gasteiger partial charge in [0.05, 0.1) is 13.2 Å². The zero-order valence-electron chi connectivity index (χ0n) is 20.7. The van der Waals surface area contributed by atoms with E-state index in [0.29, 0.717) is 37.3 Å². The predicted molar refractivity (Wildman–Crippen MR) is 133 cm³/mol. The lowest BCUT2D eigenvalue weighted by atomic mass is 9.97. The lowest BCUT2D eigenvalue weighted by molar-refractivity contribution is -0.352. The van der Waals surface area contributed by atoms with Crippen molar-refractivity contribution in [2.24, 2.45) is 0 Å². The van der Waals surface area contributed by atoms with Crippen LogP contribution in [0.5, 0.6) is 5.75 Å². The van der Waals surface area contributed by atoms with Crippen LogP contribution in [-0.2, 0) is 25.4 Å². The standard InChI is InChI=1S/C24H37NO12S/c26-10-14-17(29)18(30)20(32)24(35-14)37-22-15(11-27)36-23(21(33)19(22)31)34-13-5-3-12(4-6-13)7-8-25-16(28)2-1-9-38/h3-6,14-15,17-24,26-27,29-33,38H,1-2,7-11H2,(H,25,28)/t14?,15?,17-,18-,19+,20?,21?,22-,23+,24+/m0/s1. The number of benzene rings is 1. The first-order valence-corrected chi connectivity index (χ1v) is 13.0. The van der Waals surface area contributed by atoms with Gasteiger partial charge in [-0.05, 0) is 36.3 Å². The van der Waals surface area contributed by atoms with Crippen LogP contribution in [0.2, 0.25) is 0 Å². The van der Waals surface area contributed by atoms with Crippen LogP contribution in [-0.4, -0.2) is 129 Å². The maximum absolute atomic E-state index is 11.7. The van der Waals surface area contributed by atoms with Crippen LogP contribution in [0.1, 0.15) is 18.4 Å². The number of aliphatic hydroxyl groups is 7. The number of carbonyl (C=O) groups is 1. The summed E-state index contributed by atoms with van der Waals surface area (Å²) in [6, 6.07) is 6.81. The van der Waals surface area contributed by atoms with Crippen LogP contribution in [0.25, 0.3) is 0 Å². The zero-order valence-corrected chi connectivity index (χ0v) is 21.5. The molecule has 2 fully saturated rings. The first kappa shape index (κ1) is 31.0. The van der Waals surface area contributed by atoms with Crippen molar-refractivity contribution in [3.8, 4) is 5.75 Å². The van der Waals surface area contributed by atoms with Crippen molar-refractivity contribution in [3.05, 3.63) is 29.8 Å². The molecular weight excluding hydrogens is 526 g/mol. The molecule has 8 N–H and O–H groups in total. The van der Waals surface area contributed by atoms with Gasteiger partial charge in [0.1, 0.15) is 54.6 Å². The number of rotatable bonds is 12. The SMILES string of the molecule is O=C(CCCS)NCCc1ccc(O[C@@H]2OC(CO)[C@H](O[C@H]3OC(CO)[C@H](O)[C@H](O)C3O)[C@H](O)C2O)cc1. The molecule has 0 spiro atoms. The summed E-state index contributed by atoms with van der Waals surface area (Å²) in [4.78, 5) is 11.7. The topological polar surface area (TPSA) is 208 Å². The molecule has 0 aliphatic carbocycles. The first-order chi connectivity index (χ1) is 18.2. The maximum Gasteiger partial charge on any atom is 0.229 e. The van der Waals surface area contributed by atoms with E-state index < -0.39 is 74.6 Å². The molecule has 0 radical (unpaired) electrons. The molecule has 1 aromatic rings. The third-order valence-corrected chi connectivity index (χ3v) is 6.75. The van der Waals surface area contributed by atoms with Gasteiger partial charge in [-0.2, -0.15) is 12.6 Å². The fourth-order valence-corrected chi connectivity index (χ4v) is 4.35. The smallest absolute Gasteiger partial charge is 0.229 e. The van der Waals surface area contributed by atoms with Crippen LogP contribution in [0, 0.1) is 0 Å². The molecule has 2 aliphatic rings. The highest BCUT2D eigenvalue weighted by molar-refractivity contribution is 7.80. The first-order valence-electron chi connectivity index (χ1n) is 12.4. The summed E-state index contributed by atoms with van der Waals surface area (Å²) in [6.45, 7) is -0.874. The van der Waals surface area contributed by atoms with E-state index in [1.165, 1.54) is 0 Å². The minimum absolute atomic E-state index is 0.0340. The van der Waals surface area contributed by atoms with E-state index in [-0.39, 0.29) is 5.91 Å². The highest BCUT2D eigenvalue weighted by Gasteiger charge is 2.51. The monoisotopic (exact) mass is 563 g/mol. The van der Waals surface area contributed by atoms with E-state index in [1.807, 2.05) is 0 Å². The number of carbonyl (C=O) groups excluding carboxylic acids is 1. The third-order valence-electron chi connectivity index (χ3n) is 6.43. The summed E-state index contributed by atoms with van der Waals surface area (Å²) < 4.78 is 22.1. The van der Waals surface area contributed by atoms with Crippen LogP contribution >= 0.6 is 12.6 Å². The molecule has 10 atom stereocenters. The molecule has 216 valence electrons. The van der Waals surface area contributed by atoms with Crippen molar-refractivity contribution in [2.75, 3.05) is 25.5 Å². The normalized spacial score (nSPS) is 35.6. The molecule has 2 aliphatic heterocycles. The average Bonchev–Trinajstić information content (AvgIpc) is 2.92.